The van der Waals surface area contributed by atoms with Crippen LogP contribution in [-0.2, 0) is 0 Å². The van der Waals surface area contributed by atoms with Crippen molar-refractivity contribution in [2.24, 2.45) is 0 Å². The normalized spacial score (nSPS) is 21.6. The fourth-order valence-corrected chi connectivity index (χ4v) is 2.91. The van der Waals surface area contributed by atoms with E-state index in [1.54, 1.807) is 0 Å². The molecule has 0 saturated carbocycles. The molecule has 0 saturated heterocycles. The van der Waals surface area contributed by atoms with E-state index in [0.717, 1.165) is 11.3 Å². The van der Waals surface area contributed by atoms with Gasteiger partial charge in [-0.05, 0) is 36.6 Å². The van der Waals surface area contributed by atoms with Crippen LogP contribution in [0.2, 0.25) is 0 Å². The maximum Gasteiger partial charge on any atom is 0.127 e. The molecule has 2 aromatic rings. The number of hydrogen-bond acceptors (Lipinski definition) is 2. The molecule has 98 valence electrons. The summed E-state index contributed by atoms with van der Waals surface area (Å²) in [7, 11) is 0. The van der Waals surface area contributed by atoms with Crippen molar-refractivity contribution in [3.8, 4) is 5.75 Å². The van der Waals surface area contributed by atoms with Gasteiger partial charge in [0.15, 0.2) is 0 Å². The third-order valence-corrected chi connectivity index (χ3v) is 3.85. The zero-order chi connectivity index (χ0) is 13.4. The Bertz CT molecular complexity index is 584. The predicted octanol–water partition coefficient (Wildman–Crippen LogP) is 3.86. The van der Waals surface area contributed by atoms with Crippen molar-refractivity contribution in [1.82, 2.24) is 0 Å². The quantitative estimate of drug-likeness (QED) is 0.837. The van der Waals surface area contributed by atoms with E-state index in [1.165, 1.54) is 16.7 Å². The van der Waals surface area contributed by atoms with Gasteiger partial charge in [0.2, 0.25) is 0 Å². The highest BCUT2D eigenvalue weighted by atomic mass is 16.5. The average Bonchev–Trinajstić information content (AvgIpc) is 2.38. The van der Waals surface area contributed by atoms with Crippen LogP contribution in [0.1, 0.15) is 40.9 Å². The fraction of sp³-hybridized carbons (Fsp3) is 0.294. The van der Waals surface area contributed by atoms with Crippen molar-refractivity contribution in [2.75, 3.05) is 0 Å². The van der Waals surface area contributed by atoms with Crippen molar-refractivity contribution >= 4 is 0 Å². The van der Waals surface area contributed by atoms with Gasteiger partial charge in [-0.15, -0.1) is 0 Å². The second-order valence-corrected chi connectivity index (χ2v) is 5.20. The maximum absolute atomic E-state index is 10.3. The van der Waals surface area contributed by atoms with Crippen LogP contribution in [-0.4, -0.2) is 5.11 Å². The van der Waals surface area contributed by atoms with Gasteiger partial charge >= 0.3 is 0 Å². The molecule has 0 spiro atoms. The summed E-state index contributed by atoms with van der Waals surface area (Å²) < 4.78 is 6.09. The third kappa shape index (κ3) is 2.13. The van der Waals surface area contributed by atoms with Crippen LogP contribution in [0.15, 0.2) is 42.5 Å². The van der Waals surface area contributed by atoms with Crippen molar-refractivity contribution in [3.05, 3.63) is 64.7 Å². The van der Waals surface area contributed by atoms with Gasteiger partial charge in [0.1, 0.15) is 11.9 Å². The molecule has 19 heavy (non-hydrogen) atoms. The highest BCUT2D eigenvalue weighted by molar-refractivity contribution is 5.41. The zero-order valence-corrected chi connectivity index (χ0v) is 11.3. The summed E-state index contributed by atoms with van der Waals surface area (Å²) in [4.78, 5) is 0. The van der Waals surface area contributed by atoms with Crippen LogP contribution < -0.4 is 4.74 Å². The molecule has 2 nitrogen and oxygen atoms in total. The minimum absolute atomic E-state index is 0.0638. The summed E-state index contributed by atoms with van der Waals surface area (Å²) in [5.41, 5.74) is 4.54. The topological polar surface area (TPSA) is 29.5 Å². The lowest BCUT2D eigenvalue weighted by molar-refractivity contribution is 0.0652. The first-order valence-electron chi connectivity index (χ1n) is 6.66. The average molecular weight is 254 g/mol. The second kappa shape index (κ2) is 4.71. The zero-order valence-electron chi connectivity index (χ0n) is 11.3. The van der Waals surface area contributed by atoms with Gasteiger partial charge in [0.05, 0.1) is 6.10 Å². The highest BCUT2D eigenvalue weighted by Crippen LogP contribution is 2.41. The number of fused-ring (bicyclic) bond motifs is 1. The summed E-state index contributed by atoms with van der Waals surface area (Å²) in [6.07, 6.45) is 0.1000. The summed E-state index contributed by atoms with van der Waals surface area (Å²) >= 11 is 0. The van der Waals surface area contributed by atoms with E-state index < -0.39 is 6.10 Å². The number of aliphatic hydroxyl groups is 1. The van der Waals surface area contributed by atoms with E-state index in [9.17, 15) is 5.11 Å². The van der Waals surface area contributed by atoms with Gasteiger partial charge in [-0.2, -0.15) is 0 Å². The predicted molar refractivity (Wildman–Crippen MR) is 75.3 cm³/mol. The number of rotatable bonds is 1. The number of hydrogen-bond donors (Lipinski definition) is 1. The highest BCUT2D eigenvalue weighted by Gasteiger charge is 2.29. The largest absolute Gasteiger partial charge is 0.485 e. The Morgan fingerprint density at radius 2 is 1.68 bits per heavy atom. The first-order valence-corrected chi connectivity index (χ1v) is 6.66. The Hall–Kier alpha value is -1.80. The van der Waals surface area contributed by atoms with Crippen molar-refractivity contribution in [3.63, 3.8) is 0 Å². The van der Waals surface area contributed by atoms with Crippen LogP contribution in [0.25, 0.3) is 0 Å². The molecule has 1 aliphatic heterocycles. The summed E-state index contributed by atoms with van der Waals surface area (Å²) in [6.45, 7) is 4.19. The molecule has 2 atom stereocenters. The summed E-state index contributed by atoms with van der Waals surface area (Å²) in [6, 6.07) is 14.0. The molecule has 3 rings (SSSR count). The molecule has 1 N–H and O–H groups in total. The molecule has 2 heteroatoms. The van der Waals surface area contributed by atoms with E-state index >= 15 is 0 Å². The number of aliphatic hydroxyl groups excluding tert-OH is 1. The standard InChI is InChI=1S/C17H18O2/c1-11-6-5-7-12(2)17(11)16-10-14(18)13-8-3-4-9-15(13)19-16/h3-9,14,16,18H,10H2,1-2H3. The Morgan fingerprint density at radius 3 is 2.42 bits per heavy atom. The van der Waals surface area contributed by atoms with Crippen LogP contribution in [0, 0.1) is 13.8 Å². The van der Waals surface area contributed by atoms with Crippen molar-refractivity contribution in [2.45, 2.75) is 32.5 Å². The smallest absolute Gasteiger partial charge is 0.127 e. The van der Waals surface area contributed by atoms with E-state index in [1.807, 2.05) is 24.3 Å². The Morgan fingerprint density at radius 1 is 1.00 bits per heavy atom. The van der Waals surface area contributed by atoms with Gasteiger partial charge in [-0.25, -0.2) is 0 Å². The molecule has 0 radical (unpaired) electrons. The first kappa shape index (κ1) is 12.2. The van der Waals surface area contributed by atoms with Gasteiger partial charge < -0.3 is 9.84 Å². The van der Waals surface area contributed by atoms with Crippen LogP contribution in [0.3, 0.4) is 0 Å². The fourth-order valence-electron chi connectivity index (χ4n) is 2.91. The molecule has 0 amide bonds. The molecular formula is C17H18O2. The molecule has 0 bridgehead atoms. The number of benzene rings is 2. The first-order chi connectivity index (χ1) is 9.16. The molecule has 0 aromatic heterocycles. The molecular weight excluding hydrogens is 236 g/mol. The monoisotopic (exact) mass is 254 g/mol. The van der Waals surface area contributed by atoms with Crippen LogP contribution in [0.5, 0.6) is 5.75 Å². The molecule has 2 unspecified atom stereocenters. The van der Waals surface area contributed by atoms with Crippen LogP contribution in [0.4, 0.5) is 0 Å². The lowest BCUT2D eigenvalue weighted by Crippen LogP contribution is -2.20. The van der Waals surface area contributed by atoms with E-state index in [-0.39, 0.29) is 6.10 Å². The lowest BCUT2D eigenvalue weighted by atomic mass is 9.90. The summed E-state index contributed by atoms with van der Waals surface area (Å²) in [5, 5.41) is 10.3. The second-order valence-electron chi connectivity index (χ2n) is 5.20. The number of ether oxygens (including phenoxy) is 1. The molecule has 1 aliphatic rings. The van der Waals surface area contributed by atoms with Gasteiger partial charge in [0.25, 0.3) is 0 Å². The molecule has 0 fully saturated rings. The van der Waals surface area contributed by atoms with Crippen molar-refractivity contribution in [1.29, 1.82) is 0 Å². The Kier molecular flexibility index (Phi) is 3.03. The van der Waals surface area contributed by atoms with Gasteiger partial charge in [-0.1, -0.05) is 36.4 Å². The van der Waals surface area contributed by atoms with Gasteiger partial charge in [0, 0.05) is 12.0 Å². The van der Waals surface area contributed by atoms with Crippen molar-refractivity contribution < 1.29 is 9.84 Å². The van der Waals surface area contributed by atoms with E-state index in [2.05, 4.69) is 32.0 Å². The summed E-state index contributed by atoms with van der Waals surface area (Å²) in [5.74, 6) is 0.800. The third-order valence-electron chi connectivity index (χ3n) is 3.85. The number of aryl methyl sites for hydroxylation is 2. The maximum atomic E-state index is 10.3. The SMILES string of the molecule is Cc1cccc(C)c1C1CC(O)c2ccccc2O1. The molecule has 2 aromatic carbocycles. The number of para-hydroxylation sites is 1. The van der Waals surface area contributed by atoms with Crippen LogP contribution >= 0.6 is 0 Å². The minimum Gasteiger partial charge on any atom is -0.485 e. The van der Waals surface area contributed by atoms with E-state index in [0.29, 0.717) is 6.42 Å². The lowest BCUT2D eigenvalue weighted by Gasteiger charge is -2.31. The molecule has 0 aliphatic carbocycles. The Labute approximate surface area is 113 Å². The Balaban J connectivity index is 2.02. The minimum atomic E-state index is -0.450. The van der Waals surface area contributed by atoms with Gasteiger partial charge in [-0.3, -0.25) is 0 Å². The molecule has 1 heterocycles. The van der Waals surface area contributed by atoms with E-state index in [4.69, 9.17) is 4.74 Å².